The zero-order valence-electron chi connectivity index (χ0n) is 12.5. The number of nitrogens with two attached hydrogens (primary N) is 1. The van der Waals surface area contributed by atoms with Crippen LogP contribution in [0.2, 0.25) is 0 Å². The van der Waals surface area contributed by atoms with E-state index in [-0.39, 0.29) is 11.8 Å². The van der Waals surface area contributed by atoms with Crippen molar-refractivity contribution in [2.75, 3.05) is 6.54 Å². The highest BCUT2D eigenvalue weighted by Crippen LogP contribution is 2.24. The van der Waals surface area contributed by atoms with Gasteiger partial charge in [-0.1, -0.05) is 60.7 Å². The van der Waals surface area contributed by atoms with Crippen LogP contribution in [0.4, 0.5) is 0 Å². The van der Waals surface area contributed by atoms with E-state index in [0.717, 1.165) is 11.1 Å². The zero-order valence-corrected chi connectivity index (χ0v) is 12.5. The molecule has 0 heterocycles. The summed E-state index contributed by atoms with van der Waals surface area (Å²) in [5.74, 6) is -0.333. The molecule has 3 heteroatoms. The molecule has 0 spiro atoms. The molecule has 0 bridgehead atoms. The van der Waals surface area contributed by atoms with Crippen molar-refractivity contribution in [1.29, 1.82) is 0 Å². The summed E-state index contributed by atoms with van der Waals surface area (Å²) in [7, 11) is 0. The first-order chi connectivity index (χ1) is 9.97. The molecule has 0 aliphatic carbocycles. The van der Waals surface area contributed by atoms with Gasteiger partial charge in [0.2, 0.25) is 5.91 Å². The van der Waals surface area contributed by atoms with E-state index in [0.29, 0.717) is 6.54 Å². The van der Waals surface area contributed by atoms with Gasteiger partial charge < -0.3 is 11.1 Å². The normalized spacial score (nSPS) is 11.4. The molecule has 21 heavy (non-hydrogen) atoms. The second kappa shape index (κ2) is 6.55. The van der Waals surface area contributed by atoms with Crippen LogP contribution >= 0.6 is 0 Å². The maximum absolute atomic E-state index is 12.6. The Morgan fingerprint density at radius 2 is 1.43 bits per heavy atom. The molecule has 1 amide bonds. The summed E-state index contributed by atoms with van der Waals surface area (Å²) < 4.78 is 0. The molecule has 0 saturated carbocycles. The fourth-order valence-electron chi connectivity index (χ4n) is 2.20. The van der Waals surface area contributed by atoms with Crippen molar-refractivity contribution in [1.82, 2.24) is 5.32 Å². The molecule has 0 fully saturated rings. The summed E-state index contributed by atoms with van der Waals surface area (Å²) in [4.78, 5) is 12.6. The van der Waals surface area contributed by atoms with Gasteiger partial charge in [0, 0.05) is 12.1 Å². The summed E-state index contributed by atoms with van der Waals surface area (Å²) in [6, 6.07) is 19.6. The van der Waals surface area contributed by atoms with Crippen molar-refractivity contribution in [3.05, 3.63) is 71.8 Å². The third-order valence-corrected chi connectivity index (χ3v) is 3.25. The van der Waals surface area contributed by atoms with Crippen LogP contribution in [0.15, 0.2) is 60.7 Å². The molecule has 2 rings (SSSR count). The first-order valence-corrected chi connectivity index (χ1v) is 7.14. The van der Waals surface area contributed by atoms with E-state index < -0.39 is 5.54 Å². The largest absolute Gasteiger partial charge is 0.353 e. The van der Waals surface area contributed by atoms with Crippen molar-refractivity contribution in [2.24, 2.45) is 5.73 Å². The lowest BCUT2D eigenvalue weighted by molar-refractivity contribution is -0.121. The second-order valence-corrected chi connectivity index (χ2v) is 5.96. The number of nitrogens with one attached hydrogen (secondary N) is 1. The van der Waals surface area contributed by atoms with Crippen LogP contribution in [0, 0.1) is 0 Å². The lowest BCUT2D eigenvalue weighted by atomic mass is 9.90. The fraction of sp³-hybridized carbons (Fsp3) is 0.278. The van der Waals surface area contributed by atoms with Gasteiger partial charge in [-0.15, -0.1) is 0 Å². The van der Waals surface area contributed by atoms with Gasteiger partial charge in [-0.2, -0.15) is 0 Å². The van der Waals surface area contributed by atoms with Gasteiger partial charge in [-0.25, -0.2) is 0 Å². The topological polar surface area (TPSA) is 55.1 Å². The molecule has 0 radical (unpaired) electrons. The summed E-state index contributed by atoms with van der Waals surface area (Å²) in [6.07, 6.45) is 0. The van der Waals surface area contributed by atoms with Gasteiger partial charge in [0.05, 0.1) is 5.92 Å². The molecule has 2 aromatic carbocycles. The highest BCUT2D eigenvalue weighted by Gasteiger charge is 2.23. The van der Waals surface area contributed by atoms with Crippen molar-refractivity contribution in [2.45, 2.75) is 25.3 Å². The molecule has 0 unspecified atom stereocenters. The molecule has 0 aliphatic heterocycles. The first-order valence-electron chi connectivity index (χ1n) is 7.14. The van der Waals surface area contributed by atoms with E-state index in [9.17, 15) is 4.79 Å². The molecule has 0 aliphatic rings. The Morgan fingerprint density at radius 1 is 1.00 bits per heavy atom. The average molecular weight is 282 g/mol. The van der Waals surface area contributed by atoms with E-state index >= 15 is 0 Å². The van der Waals surface area contributed by atoms with Crippen LogP contribution in [-0.4, -0.2) is 18.0 Å². The Hall–Kier alpha value is -2.13. The van der Waals surface area contributed by atoms with E-state index in [1.54, 1.807) is 0 Å². The minimum atomic E-state index is -0.423. The number of amides is 1. The van der Waals surface area contributed by atoms with Crippen molar-refractivity contribution >= 4 is 5.91 Å². The van der Waals surface area contributed by atoms with Crippen molar-refractivity contribution < 1.29 is 4.79 Å². The molecular formula is C18H22N2O. The molecule has 2 aromatic rings. The smallest absolute Gasteiger partial charge is 0.232 e. The Morgan fingerprint density at radius 3 is 1.81 bits per heavy atom. The Kier molecular flexibility index (Phi) is 4.76. The Bertz CT molecular complexity index is 534. The Labute approximate surface area is 126 Å². The van der Waals surface area contributed by atoms with Crippen LogP contribution in [-0.2, 0) is 4.79 Å². The molecule has 3 N–H and O–H groups in total. The monoisotopic (exact) mass is 282 g/mol. The maximum Gasteiger partial charge on any atom is 0.232 e. The summed E-state index contributed by atoms with van der Waals surface area (Å²) in [6.45, 7) is 4.24. The number of hydrogen-bond donors (Lipinski definition) is 2. The molecule has 3 nitrogen and oxygen atoms in total. The minimum absolute atomic E-state index is 0.0223. The lowest BCUT2D eigenvalue weighted by Gasteiger charge is -2.23. The zero-order chi connectivity index (χ0) is 15.3. The number of benzene rings is 2. The van der Waals surface area contributed by atoms with Gasteiger partial charge in [0.1, 0.15) is 0 Å². The van der Waals surface area contributed by atoms with Crippen LogP contribution < -0.4 is 11.1 Å². The maximum atomic E-state index is 12.6. The first kappa shape index (κ1) is 15.3. The average Bonchev–Trinajstić information content (AvgIpc) is 2.47. The molecule has 0 atom stereocenters. The molecule has 0 saturated heterocycles. The highest BCUT2D eigenvalue weighted by molar-refractivity contribution is 5.87. The van der Waals surface area contributed by atoms with Gasteiger partial charge in [0.15, 0.2) is 0 Å². The van der Waals surface area contributed by atoms with E-state index in [2.05, 4.69) is 5.32 Å². The van der Waals surface area contributed by atoms with Gasteiger partial charge in [-0.3, -0.25) is 4.79 Å². The van der Waals surface area contributed by atoms with Crippen LogP contribution in [0.1, 0.15) is 30.9 Å². The SMILES string of the molecule is CC(C)(N)CNC(=O)C(c1ccccc1)c1ccccc1. The number of hydrogen-bond acceptors (Lipinski definition) is 2. The van der Waals surface area contributed by atoms with Crippen LogP contribution in [0.25, 0.3) is 0 Å². The predicted molar refractivity (Wildman–Crippen MR) is 86.0 cm³/mol. The van der Waals surface area contributed by atoms with Crippen molar-refractivity contribution in [3.63, 3.8) is 0 Å². The van der Waals surface area contributed by atoms with Gasteiger partial charge >= 0.3 is 0 Å². The Balaban J connectivity index is 2.27. The molecule has 0 aromatic heterocycles. The van der Waals surface area contributed by atoms with Crippen molar-refractivity contribution in [3.8, 4) is 0 Å². The highest BCUT2D eigenvalue weighted by atomic mass is 16.1. The van der Waals surface area contributed by atoms with E-state index in [1.165, 1.54) is 0 Å². The summed E-state index contributed by atoms with van der Waals surface area (Å²) in [5, 5.41) is 2.96. The third kappa shape index (κ3) is 4.43. The second-order valence-electron chi connectivity index (χ2n) is 5.96. The predicted octanol–water partition coefficient (Wildman–Crippen LogP) is 2.67. The quantitative estimate of drug-likeness (QED) is 0.886. The molecular weight excluding hydrogens is 260 g/mol. The standard InChI is InChI=1S/C18H22N2O/c1-18(2,19)13-20-17(21)16(14-9-5-3-6-10-14)15-11-7-4-8-12-15/h3-12,16H,13,19H2,1-2H3,(H,20,21). The van der Waals surface area contributed by atoms with Gasteiger partial charge in [0.25, 0.3) is 0 Å². The lowest BCUT2D eigenvalue weighted by Crippen LogP contribution is -2.46. The fourth-order valence-corrected chi connectivity index (χ4v) is 2.20. The summed E-state index contributed by atoms with van der Waals surface area (Å²) >= 11 is 0. The van der Waals surface area contributed by atoms with Crippen LogP contribution in [0.3, 0.4) is 0 Å². The van der Waals surface area contributed by atoms with Gasteiger partial charge in [-0.05, 0) is 25.0 Å². The minimum Gasteiger partial charge on any atom is -0.353 e. The number of carbonyl (C=O) groups excluding carboxylic acids is 1. The number of carbonyl (C=O) groups is 1. The van der Waals surface area contributed by atoms with E-state index in [4.69, 9.17) is 5.73 Å². The van der Waals surface area contributed by atoms with Crippen LogP contribution in [0.5, 0.6) is 0 Å². The summed E-state index contributed by atoms with van der Waals surface area (Å²) in [5.41, 5.74) is 7.49. The molecule has 110 valence electrons. The number of rotatable bonds is 5. The van der Waals surface area contributed by atoms with E-state index in [1.807, 2.05) is 74.5 Å². The third-order valence-electron chi connectivity index (χ3n) is 3.25.